The lowest BCUT2D eigenvalue weighted by Gasteiger charge is -2.10. The minimum absolute atomic E-state index is 0.0388. The zero-order chi connectivity index (χ0) is 22.5. The second-order valence-corrected chi connectivity index (χ2v) is 6.14. The summed E-state index contributed by atoms with van der Waals surface area (Å²) >= 11 is 0. The standard InChI is InChI=1S/C19H14F2N6O5/c1-29-15-8-11(5-6-14(15)31-19(20)21)17-23-16(32-24-17)9-30-18(28)12-3-2-4-13(7-12)27-10-22-25-26-27/h2-8,10,19H,9H2,1H3. The molecule has 0 saturated heterocycles. The Morgan fingerprint density at radius 2 is 2.06 bits per heavy atom. The molecule has 11 nitrogen and oxygen atoms in total. The van der Waals surface area contributed by atoms with Gasteiger partial charge in [0, 0.05) is 5.56 Å². The zero-order valence-corrected chi connectivity index (χ0v) is 16.4. The van der Waals surface area contributed by atoms with Gasteiger partial charge in [-0.15, -0.1) is 5.10 Å². The number of ether oxygens (including phenoxy) is 3. The highest BCUT2D eigenvalue weighted by Crippen LogP contribution is 2.32. The first-order chi connectivity index (χ1) is 15.5. The molecule has 32 heavy (non-hydrogen) atoms. The minimum atomic E-state index is -2.99. The van der Waals surface area contributed by atoms with Crippen molar-refractivity contribution in [3.63, 3.8) is 0 Å². The molecule has 164 valence electrons. The molecule has 0 saturated carbocycles. The van der Waals surface area contributed by atoms with Crippen LogP contribution in [0.4, 0.5) is 8.78 Å². The Balaban J connectivity index is 1.43. The van der Waals surface area contributed by atoms with Crippen molar-refractivity contribution in [3.8, 4) is 28.6 Å². The van der Waals surface area contributed by atoms with Crippen LogP contribution < -0.4 is 9.47 Å². The molecule has 0 spiro atoms. The smallest absolute Gasteiger partial charge is 0.387 e. The van der Waals surface area contributed by atoms with Gasteiger partial charge < -0.3 is 18.7 Å². The maximum Gasteiger partial charge on any atom is 0.387 e. The van der Waals surface area contributed by atoms with Crippen LogP contribution in [0.15, 0.2) is 53.3 Å². The molecule has 0 aliphatic heterocycles. The van der Waals surface area contributed by atoms with Gasteiger partial charge >= 0.3 is 12.6 Å². The first-order valence-corrected chi connectivity index (χ1v) is 9.00. The molecule has 0 bridgehead atoms. The number of methoxy groups -OCH3 is 1. The summed E-state index contributed by atoms with van der Waals surface area (Å²) in [6.45, 7) is -3.26. The largest absolute Gasteiger partial charge is 0.493 e. The molecule has 2 aromatic heterocycles. The van der Waals surface area contributed by atoms with Gasteiger partial charge in [-0.3, -0.25) is 0 Å². The van der Waals surface area contributed by atoms with E-state index in [9.17, 15) is 13.6 Å². The Morgan fingerprint density at radius 1 is 1.19 bits per heavy atom. The minimum Gasteiger partial charge on any atom is -0.493 e. The third-order valence-electron chi connectivity index (χ3n) is 4.13. The number of halogens is 2. The second-order valence-electron chi connectivity index (χ2n) is 6.14. The maximum atomic E-state index is 12.5. The summed E-state index contributed by atoms with van der Waals surface area (Å²) in [6.07, 6.45) is 1.39. The first kappa shape index (κ1) is 20.8. The van der Waals surface area contributed by atoms with E-state index in [1.54, 1.807) is 24.3 Å². The Morgan fingerprint density at radius 3 is 2.81 bits per heavy atom. The molecular formula is C19H14F2N6O5. The summed E-state index contributed by atoms with van der Waals surface area (Å²) in [6, 6.07) is 10.7. The molecule has 13 heteroatoms. The highest BCUT2D eigenvalue weighted by atomic mass is 19.3. The van der Waals surface area contributed by atoms with Crippen LogP contribution >= 0.6 is 0 Å². The van der Waals surface area contributed by atoms with E-state index in [-0.39, 0.29) is 35.4 Å². The normalized spacial score (nSPS) is 10.9. The summed E-state index contributed by atoms with van der Waals surface area (Å²) in [5, 5.41) is 14.7. The Hall–Kier alpha value is -4.42. The van der Waals surface area contributed by atoms with Crippen LogP contribution in [0.2, 0.25) is 0 Å². The lowest BCUT2D eigenvalue weighted by molar-refractivity contribution is -0.0512. The molecule has 0 aliphatic carbocycles. The number of aromatic nitrogens is 6. The molecule has 0 aliphatic rings. The fourth-order valence-electron chi connectivity index (χ4n) is 2.70. The van der Waals surface area contributed by atoms with Crippen molar-refractivity contribution in [3.05, 3.63) is 60.2 Å². The van der Waals surface area contributed by atoms with Gasteiger partial charge in [0.2, 0.25) is 5.82 Å². The van der Waals surface area contributed by atoms with Crippen LogP contribution in [0.1, 0.15) is 16.2 Å². The molecule has 0 radical (unpaired) electrons. The first-order valence-electron chi connectivity index (χ1n) is 9.00. The number of nitrogens with zero attached hydrogens (tertiary/aromatic N) is 6. The van der Waals surface area contributed by atoms with Gasteiger partial charge in [-0.25, -0.2) is 9.48 Å². The van der Waals surface area contributed by atoms with Gasteiger partial charge in [0.15, 0.2) is 18.1 Å². The van der Waals surface area contributed by atoms with Gasteiger partial charge in [-0.05, 0) is 46.8 Å². The van der Waals surface area contributed by atoms with Crippen LogP contribution in [0.3, 0.4) is 0 Å². The highest BCUT2D eigenvalue weighted by Gasteiger charge is 2.16. The van der Waals surface area contributed by atoms with E-state index >= 15 is 0 Å². The third-order valence-corrected chi connectivity index (χ3v) is 4.13. The highest BCUT2D eigenvalue weighted by molar-refractivity contribution is 5.90. The summed E-state index contributed by atoms with van der Waals surface area (Å²) in [5.41, 5.74) is 1.29. The lowest BCUT2D eigenvalue weighted by Crippen LogP contribution is -2.06. The van der Waals surface area contributed by atoms with Crippen molar-refractivity contribution in [2.45, 2.75) is 13.2 Å². The fraction of sp³-hybridized carbons (Fsp3) is 0.158. The van der Waals surface area contributed by atoms with E-state index in [1.165, 1.54) is 36.3 Å². The zero-order valence-electron chi connectivity index (χ0n) is 16.4. The van der Waals surface area contributed by atoms with Gasteiger partial charge in [-0.2, -0.15) is 13.8 Å². The van der Waals surface area contributed by atoms with Crippen molar-refractivity contribution < 1.29 is 32.3 Å². The average molecular weight is 444 g/mol. The SMILES string of the molecule is COc1cc(-c2noc(COC(=O)c3cccc(-n4cnnn4)c3)n2)ccc1OC(F)F. The third kappa shape index (κ3) is 4.66. The van der Waals surface area contributed by atoms with Gasteiger partial charge in [0.25, 0.3) is 5.89 Å². The van der Waals surface area contributed by atoms with Crippen molar-refractivity contribution in [1.82, 2.24) is 30.3 Å². The van der Waals surface area contributed by atoms with Crippen molar-refractivity contribution >= 4 is 5.97 Å². The predicted molar refractivity (Wildman–Crippen MR) is 101 cm³/mol. The van der Waals surface area contributed by atoms with Crippen LogP contribution in [-0.2, 0) is 11.3 Å². The van der Waals surface area contributed by atoms with Crippen LogP contribution in [-0.4, -0.2) is 50.0 Å². The molecule has 0 unspecified atom stereocenters. The van der Waals surface area contributed by atoms with E-state index in [4.69, 9.17) is 14.0 Å². The number of carbonyl (C=O) groups is 1. The second kappa shape index (κ2) is 9.16. The van der Waals surface area contributed by atoms with Crippen LogP contribution in [0.25, 0.3) is 17.1 Å². The molecule has 2 aromatic carbocycles. The van der Waals surface area contributed by atoms with Gasteiger partial charge in [-0.1, -0.05) is 11.2 Å². The van der Waals surface area contributed by atoms with Gasteiger partial charge in [0.05, 0.1) is 18.4 Å². The van der Waals surface area contributed by atoms with E-state index in [1.807, 2.05) is 0 Å². The number of carbonyl (C=O) groups excluding carboxylic acids is 1. The predicted octanol–water partition coefficient (Wildman–Crippen LogP) is 2.68. The van der Waals surface area contributed by atoms with Crippen molar-refractivity contribution in [1.29, 1.82) is 0 Å². The Bertz CT molecular complexity index is 1210. The van der Waals surface area contributed by atoms with Crippen molar-refractivity contribution in [2.75, 3.05) is 7.11 Å². The fourth-order valence-corrected chi connectivity index (χ4v) is 2.70. The van der Waals surface area contributed by atoms with E-state index in [2.05, 4.69) is 30.4 Å². The van der Waals surface area contributed by atoms with Crippen LogP contribution in [0.5, 0.6) is 11.5 Å². The molecular weight excluding hydrogens is 430 g/mol. The molecule has 0 atom stereocenters. The summed E-state index contributed by atoms with van der Waals surface area (Å²) in [4.78, 5) is 16.5. The van der Waals surface area contributed by atoms with Crippen LogP contribution in [0, 0.1) is 0 Å². The molecule has 0 amide bonds. The summed E-state index contributed by atoms with van der Waals surface area (Å²) in [7, 11) is 1.31. The van der Waals surface area contributed by atoms with Crippen molar-refractivity contribution in [2.24, 2.45) is 0 Å². The Kier molecular flexibility index (Phi) is 5.96. The molecule has 0 fully saturated rings. The molecule has 2 heterocycles. The number of hydrogen-bond donors (Lipinski definition) is 0. The molecule has 4 aromatic rings. The van der Waals surface area contributed by atoms with E-state index in [0.717, 1.165) is 0 Å². The number of tetrazole rings is 1. The summed E-state index contributed by atoms with van der Waals surface area (Å²) < 4.78 is 46.1. The van der Waals surface area contributed by atoms with Gasteiger partial charge in [0.1, 0.15) is 6.33 Å². The average Bonchev–Trinajstić information content (AvgIpc) is 3.50. The molecule has 4 rings (SSSR count). The maximum absolute atomic E-state index is 12.5. The topological polar surface area (TPSA) is 127 Å². The number of rotatable bonds is 8. The Labute approximate surface area is 178 Å². The number of alkyl halides is 2. The quantitative estimate of drug-likeness (QED) is 0.374. The monoisotopic (exact) mass is 444 g/mol. The lowest BCUT2D eigenvalue weighted by atomic mass is 10.2. The van der Waals surface area contributed by atoms with E-state index in [0.29, 0.717) is 11.3 Å². The van der Waals surface area contributed by atoms with E-state index < -0.39 is 12.6 Å². The number of esters is 1. The summed E-state index contributed by atoms with van der Waals surface area (Å²) in [5.74, 6) is -0.485. The number of hydrogen-bond acceptors (Lipinski definition) is 10. The number of benzene rings is 2. The molecule has 0 N–H and O–H groups in total.